The van der Waals surface area contributed by atoms with Crippen molar-refractivity contribution < 1.29 is 24.6 Å². The van der Waals surface area contributed by atoms with E-state index in [9.17, 15) is 24.6 Å². The van der Waals surface area contributed by atoms with Gasteiger partial charge in [-0.25, -0.2) is 0 Å². The Bertz CT molecular complexity index is 1060. The molecule has 9 heteroatoms. The molecule has 0 atom stereocenters. The Morgan fingerprint density at radius 3 is 1.84 bits per heavy atom. The van der Waals surface area contributed by atoms with Gasteiger partial charge in [-0.1, -0.05) is 0 Å². The lowest BCUT2D eigenvalue weighted by Crippen LogP contribution is -2.30. The Hall–Kier alpha value is -3.43. The second-order valence-electron chi connectivity index (χ2n) is 7.94. The summed E-state index contributed by atoms with van der Waals surface area (Å²) in [7, 11) is 7.26. The summed E-state index contributed by atoms with van der Waals surface area (Å²) < 4.78 is 0. The Labute approximate surface area is 180 Å². The van der Waals surface area contributed by atoms with Crippen LogP contribution in [-0.2, 0) is 4.79 Å². The standard InChI is InChI=1S/C22H26N4O5/c1-25(2)10-9-23-12-5-7-14(27)19-17(12)21(30)20-15(28)8-6-13(18(20)22(19)31)24-16(29)11-26(3)4/h5-8,23,27-28H,9-11H2,1-4H3,(H,24,29). The zero-order valence-corrected chi connectivity index (χ0v) is 17.9. The molecule has 1 amide bonds. The number of hydrogen-bond acceptors (Lipinski definition) is 8. The predicted molar refractivity (Wildman–Crippen MR) is 117 cm³/mol. The average Bonchev–Trinajstić information content (AvgIpc) is 2.67. The molecule has 0 aromatic heterocycles. The summed E-state index contributed by atoms with van der Waals surface area (Å²) in [6, 6.07) is 5.51. The van der Waals surface area contributed by atoms with Crippen LogP contribution in [0.3, 0.4) is 0 Å². The van der Waals surface area contributed by atoms with Crippen molar-refractivity contribution in [2.24, 2.45) is 0 Å². The van der Waals surface area contributed by atoms with E-state index in [1.165, 1.54) is 24.3 Å². The van der Waals surface area contributed by atoms with Crippen LogP contribution in [0, 0.1) is 0 Å². The molecule has 31 heavy (non-hydrogen) atoms. The first-order valence-corrected chi connectivity index (χ1v) is 9.76. The van der Waals surface area contributed by atoms with Gasteiger partial charge in [0.05, 0.1) is 34.5 Å². The topological polar surface area (TPSA) is 122 Å². The van der Waals surface area contributed by atoms with Gasteiger partial charge in [-0.3, -0.25) is 14.4 Å². The normalized spacial score (nSPS) is 12.7. The molecule has 0 unspecified atom stereocenters. The number of ketones is 2. The van der Waals surface area contributed by atoms with Crippen LogP contribution >= 0.6 is 0 Å². The van der Waals surface area contributed by atoms with E-state index in [0.29, 0.717) is 18.8 Å². The molecule has 0 saturated heterocycles. The molecule has 0 radical (unpaired) electrons. The molecule has 1 aliphatic rings. The number of hydrogen-bond donors (Lipinski definition) is 4. The summed E-state index contributed by atoms with van der Waals surface area (Å²) in [6.45, 7) is 1.26. The number of carbonyl (C=O) groups excluding carboxylic acids is 3. The molecule has 164 valence electrons. The van der Waals surface area contributed by atoms with Crippen molar-refractivity contribution in [3.63, 3.8) is 0 Å². The van der Waals surface area contributed by atoms with Gasteiger partial charge in [-0.05, 0) is 52.5 Å². The lowest BCUT2D eigenvalue weighted by molar-refractivity contribution is -0.116. The number of rotatable bonds is 7. The lowest BCUT2D eigenvalue weighted by Gasteiger charge is -2.24. The minimum Gasteiger partial charge on any atom is -0.507 e. The van der Waals surface area contributed by atoms with Gasteiger partial charge in [-0.2, -0.15) is 0 Å². The maximum Gasteiger partial charge on any atom is 0.238 e. The maximum atomic E-state index is 13.4. The van der Waals surface area contributed by atoms with E-state index in [-0.39, 0.29) is 51.9 Å². The first kappa shape index (κ1) is 22.3. The number of benzene rings is 2. The van der Waals surface area contributed by atoms with Gasteiger partial charge in [-0.15, -0.1) is 0 Å². The molecule has 0 spiro atoms. The van der Waals surface area contributed by atoms with Gasteiger partial charge in [0, 0.05) is 18.8 Å². The van der Waals surface area contributed by atoms with E-state index in [1.54, 1.807) is 19.0 Å². The van der Waals surface area contributed by atoms with Crippen LogP contribution in [0.2, 0.25) is 0 Å². The third kappa shape index (κ3) is 4.37. The van der Waals surface area contributed by atoms with Crippen molar-refractivity contribution in [2.75, 3.05) is 58.5 Å². The molecular weight excluding hydrogens is 400 g/mol. The second kappa shape index (κ2) is 8.75. The first-order valence-electron chi connectivity index (χ1n) is 9.76. The number of aromatic hydroxyl groups is 2. The highest BCUT2D eigenvalue weighted by Crippen LogP contribution is 2.42. The van der Waals surface area contributed by atoms with Gasteiger partial charge >= 0.3 is 0 Å². The number of anilines is 2. The number of fused-ring (bicyclic) bond motifs is 2. The van der Waals surface area contributed by atoms with Gasteiger partial charge in [0.2, 0.25) is 17.5 Å². The van der Waals surface area contributed by atoms with E-state index >= 15 is 0 Å². The number of likely N-dealkylation sites (N-methyl/N-ethyl adjacent to an activating group) is 2. The molecule has 9 nitrogen and oxygen atoms in total. The molecule has 0 aliphatic heterocycles. The summed E-state index contributed by atoms with van der Waals surface area (Å²) >= 11 is 0. The highest BCUT2D eigenvalue weighted by Gasteiger charge is 2.38. The number of phenols is 2. The Balaban J connectivity index is 2.09. The van der Waals surface area contributed by atoms with Crippen molar-refractivity contribution in [3.8, 4) is 11.5 Å². The minimum absolute atomic E-state index is 0.00308. The summed E-state index contributed by atoms with van der Waals surface area (Å²) in [4.78, 5) is 42.6. The van der Waals surface area contributed by atoms with Gasteiger partial charge in [0.25, 0.3) is 0 Å². The van der Waals surface area contributed by atoms with Gasteiger partial charge in [0.15, 0.2) is 0 Å². The highest BCUT2D eigenvalue weighted by molar-refractivity contribution is 6.33. The summed E-state index contributed by atoms with van der Waals surface area (Å²) in [5, 5.41) is 26.5. The number of carbonyl (C=O) groups is 3. The smallest absolute Gasteiger partial charge is 0.238 e. The van der Waals surface area contributed by atoms with Crippen LogP contribution in [0.25, 0.3) is 0 Å². The molecule has 0 heterocycles. The first-order chi connectivity index (χ1) is 14.6. The molecule has 0 saturated carbocycles. The minimum atomic E-state index is -0.644. The number of phenolic OH excluding ortho intramolecular Hbond substituents is 2. The SMILES string of the molecule is CN(C)CCNc1ccc(O)c2c1C(=O)c1c(O)ccc(NC(=O)CN(C)C)c1C2=O. The van der Waals surface area contributed by atoms with Crippen LogP contribution < -0.4 is 10.6 Å². The molecule has 2 aromatic rings. The molecule has 3 rings (SSSR count). The third-order valence-corrected chi connectivity index (χ3v) is 4.88. The van der Waals surface area contributed by atoms with E-state index < -0.39 is 11.6 Å². The van der Waals surface area contributed by atoms with Gasteiger partial charge in [0.1, 0.15) is 11.5 Å². The summed E-state index contributed by atoms with van der Waals surface area (Å²) in [6.07, 6.45) is 0. The zero-order chi connectivity index (χ0) is 22.9. The number of amides is 1. The monoisotopic (exact) mass is 426 g/mol. The Morgan fingerprint density at radius 2 is 1.32 bits per heavy atom. The van der Waals surface area contributed by atoms with Crippen LogP contribution in [0.4, 0.5) is 11.4 Å². The van der Waals surface area contributed by atoms with E-state index in [4.69, 9.17) is 0 Å². The van der Waals surface area contributed by atoms with Crippen molar-refractivity contribution in [1.29, 1.82) is 0 Å². The fourth-order valence-electron chi connectivity index (χ4n) is 3.51. The van der Waals surface area contributed by atoms with Crippen molar-refractivity contribution in [1.82, 2.24) is 9.80 Å². The molecule has 0 bridgehead atoms. The zero-order valence-electron chi connectivity index (χ0n) is 17.9. The molecule has 2 aromatic carbocycles. The average molecular weight is 426 g/mol. The fourth-order valence-corrected chi connectivity index (χ4v) is 3.51. The van der Waals surface area contributed by atoms with Crippen molar-refractivity contribution >= 4 is 28.8 Å². The summed E-state index contributed by atoms with van der Waals surface area (Å²) in [5.74, 6) is -2.34. The third-order valence-electron chi connectivity index (χ3n) is 4.88. The second-order valence-corrected chi connectivity index (χ2v) is 7.94. The quantitative estimate of drug-likeness (QED) is 0.418. The largest absolute Gasteiger partial charge is 0.507 e. The Morgan fingerprint density at radius 1 is 0.806 bits per heavy atom. The number of nitrogens with one attached hydrogen (secondary N) is 2. The van der Waals surface area contributed by atoms with E-state index in [2.05, 4.69) is 10.6 Å². The number of nitrogens with zero attached hydrogens (tertiary/aromatic N) is 2. The van der Waals surface area contributed by atoms with Crippen molar-refractivity contribution in [2.45, 2.75) is 0 Å². The molecule has 0 fully saturated rings. The van der Waals surface area contributed by atoms with E-state index in [1.807, 2.05) is 19.0 Å². The summed E-state index contributed by atoms with van der Waals surface area (Å²) in [5.41, 5.74) is 0.0188. The Kier molecular flexibility index (Phi) is 6.28. The lowest BCUT2D eigenvalue weighted by atomic mass is 9.81. The predicted octanol–water partition coefficient (Wildman–Crippen LogP) is 1.35. The van der Waals surface area contributed by atoms with Crippen LogP contribution in [0.5, 0.6) is 11.5 Å². The fraction of sp³-hybridized carbons (Fsp3) is 0.318. The van der Waals surface area contributed by atoms with Crippen LogP contribution in [0.15, 0.2) is 24.3 Å². The molecule has 4 N–H and O–H groups in total. The molecular formula is C22H26N4O5. The molecule has 1 aliphatic carbocycles. The maximum absolute atomic E-state index is 13.4. The highest BCUT2D eigenvalue weighted by atomic mass is 16.3. The van der Waals surface area contributed by atoms with Crippen LogP contribution in [-0.4, -0.2) is 85.3 Å². The van der Waals surface area contributed by atoms with Crippen LogP contribution in [0.1, 0.15) is 31.8 Å². The van der Waals surface area contributed by atoms with E-state index in [0.717, 1.165) is 0 Å². The van der Waals surface area contributed by atoms with Gasteiger partial charge < -0.3 is 30.6 Å². The van der Waals surface area contributed by atoms with Crippen molar-refractivity contribution in [3.05, 3.63) is 46.5 Å².